The summed E-state index contributed by atoms with van der Waals surface area (Å²) in [5.74, 6) is 0.321. The van der Waals surface area contributed by atoms with Gasteiger partial charge >= 0.3 is 0 Å². The second-order valence-electron chi connectivity index (χ2n) is 6.21. The first-order valence-electron chi connectivity index (χ1n) is 8.05. The van der Waals surface area contributed by atoms with Gasteiger partial charge in [0.2, 0.25) is 11.8 Å². The number of aryl methyl sites for hydroxylation is 1. The van der Waals surface area contributed by atoms with E-state index in [0.29, 0.717) is 18.9 Å². The number of rotatable bonds is 4. The Bertz CT molecular complexity index is 585. The van der Waals surface area contributed by atoms with Gasteiger partial charge in [0.1, 0.15) is 0 Å². The van der Waals surface area contributed by atoms with Crippen molar-refractivity contribution in [2.45, 2.75) is 38.6 Å². The van der Waals surface area contributed by atoms with Gasteiger partial charge in [-0.2, -0.15) is 0 Å². The van der Waals surface area contributed by atoms with E-state index in [-0.39, 0.29) is 11.8 Å². The number of benzene rings is 1. The average molecular weight is 301 g/mol. The van der Waals surface area contributed by atoms with Crippen LogP contribution in [0.15, 0.2) is 18.2 Å². The molecule has 1 saturated heterocycles. The van der Waals surface area contributed by atoms with Gasteiger partial charge < -0.3 is 15.5 Å². The van der Waals surface area contributed by atoms with Crippen LogP contribution in [0.5, 0.6) is 0 Å². The van der Waals surface area contributed by atoms with Crippen LogP contribution in [0.1, 0.15) is 30.9 Å². The Morgan fingerprint density at radius 1 is 1.41 bits per heavy atom. The number of nitrogens with zero attached hydrogens (tertiary/aromatic N) is 1. The number of carbonyl (C=O) groups excluding carboxylic acids is 2. The number of anilines is 1. The average Bonchev–Trinajstić information content (AvgIpc) is 2.87. The van der Waals surface area contributed by atoms with Crippen LogP contribution in [0, 0.1) is 0 Å². The van der Waals surface area contributed by atoms with Gasteiger partial charge in [0, 0.05) is 37.8 Å². The molecular formula is C17H23N3O2. The largest absolute Gasteiger partial charge is 0.337 e. The fraction of sp³-hybridized carbons (Fsp3) is 0.529. The molecule has 5 nitrogen and oxygen atoms in total. The first-order valence-corrected chi connectivity index (χ1v) is 8.05. The first kappa shape index (κ1) is 15.0. The van der Waals surface area contributed by atoms with E-state index in [1.165, 1.54) is 5.56 Å². The zero-order valence-electron chi connectivity index (χ0n) is 13.0. The zero-order valence-corrected chi connectivity index (χ0v) is 13.0. The summed E-state index contributed by atoms with van der Waals surface area (Å²) < 4.78 is 0. The number of hydrogen-bond donors (Lipinski definition) is 2. The molecule has 3 rings (SSSR count). The number of amides is 2. The van der Waals surface area contributed by atoms with Crippen LogP contribution in [0.25, 0.3) is 0 Å². The molecule has 118 valence electrons. The molecule has 0 spiro atoms. The lowest BCUT2D eigenvalue weighted by Crippen LogP contribution is -2.52. The summed E-state index contributed by atoms with van der Waals surface area (Å²) >= 11 is 0. The van der Waals surface area contributed by atoms with Gasteiger partial charge in [-0.15, -0.1) is 0 Å². The van der Waals surface area contributed by atoms with Gasteiger partial charge in [0.25, 0.3) is 0 Å². The minimum atomic E-state index is 0.0648. The van der Waals surface area contributed by atoms with E-state index in [1.807, 2.05) is 17.0 Å². The van der Waals surface area contributed by atoms with E-state index in [4.69, 9.17) is 0 Å². The maximum absolute atomic E-state index is 12.3. The van der Waals surface area contributed by atoms with Crippen LogP contribution in [0.4, 0.5) is 5.69 Å². The molecule has 1 fully saturated rings. The van der Waals surface area contributed by atoms with Crippen molar-refractivity contribution in [1.82, 2.24) is 10.2 Å². The zero-order chi connectivity index (χ0) is 15.5. The molecule has 1 atom stereocenters. The fourth-order valence-corrected chi connectivity index (χ4v) is 3.24. The van der Waals surface area contributed by atoms with Crippen molar-refractivity contribution >= 4 is 17.5 Å². The molecule has 22 heavy (non-hydrogen) atoms. The highest BCUT2D eigenvalue weighted by atomic mass is 16.2. The number of carbonyl (C=O) groups is 2. The normalized spacial score (nSPS) is 20.7. The second-order valence-corrected chi connectivity index (χ2v) is 6.21. The van der Waals surface area contributed by atoms with Crippen molar-refractivity contribution in [3.8, 4) is 0 Å². The van der Waals surface area contributed by atoms with Gasteiger partial charge in [-0.3, -0.25) is 9.59 Å². The second kappa shape index (κ2) is 6.48. The number of hydrogen-bond acceptors (Lipinski definition) is 3. The summed E-state index contributed by atoms with van der Waals surface area (Å²) in [5.41, 5.74) is 3.21. The molecular weight excluding hydrogens is 278 g/mol. The molecule has 2 aliphatic rings. The molecule has 5 heteroatoms. The molecule has 2 heterocycles. The highest BCUT2D eigenvalue weighted by molar-refractivity contribution is 5.99. The number of fused-ring (bicyclic) bond motifs is 1. The molecule has 2 aliphatic heterocycles. The molecule has 1 unspecified atom stereocenters. The van der Waals surface area contributed by atoms with Crippen LogP contribution in [0.2, 0.25) is 0 Å². The van der Waals surface area contributed by atoms with Gasteiger partial charge in [-0.1, -0.05) is 12.1 Å². The van der Waals surface area contributed by atoms with Crippen LogP contribution >= 0.6 is 0 Å². The molecule has 0 bridgehead atoms. The Hall–Kier alpha value is -1.88. The molecule has 0 saturated carbocycles. The van der Waals surface area contributed by atoms with Crippen LogP contribution in [-0.4, -0.2) is 42.4 Å². The SMILES string of the molecule is CC1CNCCN1C(=O)CCCc1ccc2c(c1)CC(=O)N2. The number of nitrogens with one attached hydrogen (secondary N) is 2. The Kier molecular flexibility index (Phi) is 4.43. The third-order valence-corrected chi connectivity index (χ3v) is 4.47. The van der Waals surface area contributed by atoms with E-state index in [2.05, 4.69) is 23.6 Å². The van der Waals surface area contributed by atoms with E-state index < -0.39 is 0 Å². The quantitative estimate of drug-likeness (QED) is 0.882. The van der Waals surface area contributed by atoms with Crippen molar-refractivity contribution in [1.29, 1.82) is 0 Å². The number of piperazine rings is 1. The Morgan fingerprint density at radius 2 is 2.27 bits per heavy atom. The van der Waals surface area contributed by atoms with Crippen LogP contribution in [-0.2, 0) is 22.4 Å². The van der Waals surface area contributed by atoms with Crippen LogP contribution in [0.3, 0.4) is 0 Å². The highest BCUT2D eigenvalue weighted by Gasteiger charge is 2.22. The minimum absolute atomic E-state index is 0.0648. The minimum Gasteiger partial charge on any atom is -0.337 e. The first-order chi connectivity index (χ1) is 10.6. The van der Waals surface area contributed by atoms with Crippen molar-refractivity contribution in [3.05, 3.63) is 29.3 Å². The van der Waals surface area contributed by atoms with E-state index >= 15 is 0 Å². The molecule has 1 aromatic rings. The molecule has 0 aliphatic carbocycles. The van der Waals surface area contributed by atoms with Crippen LogP contribution < -0.4 is 10.6 Å². The van der Waals surface area contributed by atoms with Gasteiger partial charge in [-0.25, -0.2) is 0 Å². The maximum atomic E-state index is 12.3. The summed E-state index contributed by atoms with van der Waals surface area (Å²) in [7, 11) is 0. The lowest BCUT2D eigenvalue weighted by Gasteiger charge is -2.34. The predicted molar refractivity (Wildman–Crippen MR) is 85.8 cm³/mol. The lowest BCUT2D eigenvalue weighted by atomic mass is 10.0. The Morgan fingerprint density at radius 3 is 3.09 bits per heavy atom. The summed E-state index contributed by atoms with van der Waals surface area (Å²) in [6.07, 6.45) is 2.81. The smallest absolute Gasteiger partial charge is 0.228 e. The van der Waals surface area contributed by atoms with E-state index in [1.54, 1.807) is 0 Å². The van der Waals surface area contributed by atoms with Crippen molar-refractivity contribution in [3.63, 3.8) is 0 Å². The molecule has 2 amide bonds. The predicted octanol–water partition coefficient (Wildman–Crippen LogP) is 1.32. The summed E-state index contributed by atoms with van der Waals surface area (Å²) in [4.78, 5) is 25.6. The molecule has 1 aromatic carbocycles. The monoisotopic (exact) mass is 301 g/mol. The van der Waals surface area contributed by atoms with Gasteiger partial charge in [0.15, 0.2) is 0 Å². The fourth-order valence-electron chi connectivity index (χ4n) is 3.24. The summed E-state index contributed by atoms with van der Waals surface area (Å²) in [6.45, 7) is 4.68. The van der Waals surface area contributed by atoms with E-state index in [9.17, 15) is 9.59 Å². The highest BCUT2D eigenvalue weighted by Crippen LogP contribution is 2.24. The topological polar surface area (TPSA) is 61.4 Å². The Labute approximate surface area is 131 Å². The lowest BCUT2D eigenvalue weighted by molar-refractivity contribution is -0.134. The molecule has 0 aromatic heterocycles. The van der Waals surface area contributed by atoms with Crippen molar-refractivity contribution in [2.24, 2.45) is 0 Å². The van der Waals surface area contributed by atoms with E-state index in [0.717, 1.165) is 43.7 Å². The Balaban J connectivity index is 1.50. The third-order valence-electron chi connectivity index (χ3n) is 4.47. The third kappa shape index (κ3) is 3.30. The summed E-state index contributed by atoms with van der Waals surface area (Å²) in [6, 6.07) is 6.39. The van der Waals surface area contributed by atoms with Crippen molar-refractivity contribution < 1.29 is 9.59 Å². The van der Waals surface area contributed by atoms with Gasteiger partial charge in [-0.05, 0) is 37.0 Å². The summed E-state index contributed by atoms with van der Waals surface area (Å²) in [5, 5.41) is 6.14. The standard InChI is InChI=1S/C17H23N3O2/c1-12-11-18-7-8-20(12)17(22)4-2-3-13-5-6-15-14(9-13)10-16(21)19-15/h5-6,9,12,18H,2-4,7-8,10-11H2,1H3,(H,19,21). The van der Waals surface area contributed by atoms with Crippen molar-refractivity contribution in [2.75, 3.05) is 25.0 Å². The molecule has 2 N–H and O–H groups in total. The van der Waals surface area contributed by atoms with Gasteiger partial charge in [0.05, 0.1) is 6.42 Å². The maximum Gasteiger partial charge on any atom is 0.228 e. The molecule has 0 radical (unpaired) electrons.